The molecule has 0 atom stereocenters. The van der Waals surface area contributed by atoms with Crippen LogP contribution in [0, 0.1) is 0 Å². The zero-order valence-corrected chi connectivity index (χ0v) is 18.7. The zero-order chi connectivity index (χ0) is 21.8. The Hall–Kier alpha value is -2.05. The van der Waals surface area contributed by atoms with E-state index in [1.165, 1.54) is 63.1 Å². The highest BCUT2D eigenvalue weighted by atomic mass is 32.2. The Bertz CT molecular complexity index is 877. The van der Waals surface area contributed by atoms with Gasteiger partial charge in [-0.3, -0.25) is 4.55 Å². The fraction of sp³-hybridized carbons (Fsp3) is 0.500. The number of rotatable bonds is 14. The molecule has 0 fully saturated rings. The van der Waals surface area contributed by atoms with E-state index in [9.17, 15) is 18.1 Å². The largest absolute Gasteiger partial charge is 0.508 e. The van der Waals surface area contributed by atoms with Crippen LogP contribution in [-0.2, 0) is 16.5 Å². The first-order chi connectivity index (χ1) is 14.4. The molecule has 0 heterocycles. The van der Waals surface area contributed by atoms with Crippen molar-refractivity contribution in [2.45, 2.75) is 82.4 Å². The summed E-state index contributed by atoms with van der Waals surface area (Å²) in [6, 6.07) is 10.9. The van der Waals surface area contributed by atoms with Crippen molar-refractivity contribution in [3.63, 3.8) is 0 Å². The van der Waals surface area contributed by atoms with Gasteiger partial charge in [-0.25, -0.2) is 0 Å². The van der Waals surface area contributed by atoms with Gasteiger partial charge in [-0.1, -0.05) is 82.9 Å². The van der Waals surface area contributed by atoms with E-state index < -0.39 is 10.1 Å². The molecule has 6 heteroatoms. The molecule has 0 aliphatic rings. The first kappa shape index (κ1) is 24.2. The van der Waals surface area contributed by atoms with Crippen LogP contribution in [0.1, 0.15) is 76.7 Å². The van der Waals surface area contributed by atoms with Crippen molar-refractivity contribution in [3.05, 3.63) is 48.0 Å². The van der Waals surface area contributed by atoms with Gasteiger partial charge >= 0.3 is 0 Å². The molecule has 166 valence electrons. The number of para-hydroxylation sites is 1. The molecular formula is C24H34O5S. The number of hydrogen-bond donors (Lipinski definition) is 2. The van der Waals surface area contributed by atoms with E-state index in [0.29, 0.717) is 12.2 Å². The van der Waals surface area contributed by atoms with Crippen LogP contribution in [0.3, 0.4) is 0 Å². The molecule has 0 saturated heterocycles. The second-order valence-corrected chi connectivity index (χ2v) is 9.14. The molecule has 5 nitrogen and oxygen atoms in total. The third kappa shape index (κ3) is 8.36. The van der Waals surface area contributed by atoms with Crippen LogP contribution in [0.2, 0.25) is 0 Å². The van der Waals surface area contributed by atoms with Crippen molar-refractivity contribution < 1.29 is 22.8 Å². The molecule has 30 heavy (non-hydrogen) atoms. The minimum atomic E-state index is -4.43. The molecule has 0 saturated carbocycles. The van der Waals surface area contributed by atoms with Crippen LogP contribution in [-0.4, -0.2) is 18.1 Å². The minimum absolute atomic E-state index is 0.0214. The van der Waals surface area contributed by atoms with Crippen LogP contribution >= 0.6 is 0 Å². The third-order valence-corrected chi connectivity index (χ3v) is 6.05. The average molecular weight is 435 g/mol. The molecule has 2 aromatic rings. The van der Waals surface area contributed by atoms with Crippen LogP contribution < -0.4 is 4.74 Å². The van der Waals surface area contributed by atoms with E-state index in [2.05, 4.69) is 6.92 Å². The molecule has 2 N–H and O–H groups in total. The Labute approximate surface area is 180 Å². The topological polar surface area (TPSA) is 83.8 Å². The lowest BCUT2D eigenvalue weighted by atomic mass is 10.0. The maximum absolute atomic E-state index is 11.8. The van der Waals surface area contributed by atoms with Crippen LogP contribution in [0.25, 0.3) is 0 Å². The lowest BCUT2D eigenvalue weighted by Crippen LogP contribution is -2.04. The molecule has 0 radical (unpaired) electrons. The van der Waals surface area contributed by atoms with E-state index in [1.54, 1.807) is 18.2 Å². The van der Waals surface area contributed by atoms with E-state index in [1.807, 2.05) is 6.07 Å². The summed E-state index contributed by atoms with van der Waals surface area (Å²) in [5.74, 6) is 0.463. The number of ether oxygens (including phenoxy) is 1. The molecule has 0 spiro atoms. The van der Waals surface area contributed by atoms with Crippen molar-refractivity contribution >= 4 is 10.1 Å². The first-order valence-electron chi connectivity index (χ1n) is 11.0. The number of phenols is 1. The van der Waals surface area contributed by atoms with E-state index in [4.69, 9.17) is 4.74 Å². The van der Waals surface area contributed by atoms with Crippen LogP contribution in [0.5, 0.6) is 17.2 Å². The molecule has 2 aromatic carbocycles. The number of aromatic hydroxyl groups is 1. The van der Waals surface area contributed by atoms with Gasteiger partial charge < -0.3 is 9.84 Å². The number of aryl methyl sites for hydroxylation is 1. The first-order valence-corrected chi connectivity index (χ1v) is 12.4. The fourth-order valence-electron chi connectivity index (χ4n) is 3.54. The Balaban J connectivity index is 1.94. The minimum Gasteiger partial charge on any atom is -0.508 e. The molecule has 0 unspecified atom stereocenters. The highest BCUT2D eigenvalue weighted by Crippen LogP contribution is 2.34. The van der Waals surface area contributed by atoms with Gasteiger partial charge in [-0.15, -0.1) is 0 Å². The fourth-order valence-corrected chi connectivity index (χ4v) is 4.20. The summed E-state index contributed by atoms with van der Waals surface area (Å²) in [7, 11) is -4.43. The second kappa shape index (κ2) is 12.6. The highest BCUT2D eigenvalue weighted by Gasteiger charge is 2.20. The monoisotopic (exact) mass is 434 g/mol. The van der Waals surface area contributed by atoms with Crippen LogP contribution in [0.4, 0.5) is 0 Å². The number of phenolic OH excluding ortho intramolecular Hbond substituents is 1. The molecule has 0 aliphatic carbocycles. The maximum atomic E-state index is 11.8. The van der Waals surface area contributed by atoms with Crippen LogP contribution in [0.15, 0.2) is 47.4 Å². The predicted molar refractivity (Wildman–Crippen MR) is 120 cm³/mol. The Morgan fingerprint density at radius 2 is 1.43 bits per heavy atom. The zero-order valence-electron chi connectivity index (χ0n) is 17.8. The van der Waals surface area contributed by atoms with Gasteiger partial charge in [0.15, 0.2) is 5.75 Å². The molecule has 0 aliphatic heterocycles. The van der Waals surface area contributed by atoms with E-state index >= 15 is 0 Å². The standard InChI is InChI=1S/C24H34O5S/c1-2-3-4-5-6-7-8-9-10-11-14-20-15-12-18-23(30(26,27)28)24(20)29-22-17-13-16-21(25)19-22/h12-13,15-19,25H,2-11,14H2,1H3,(H,26,27,28). The van der Waals surface area contributed by atoms with Gasteiger partial charge in [-0.2, -0.15) is 8.42 Å². The Morgan fingerprint density at radius 3 is 2.03 bits per heavy atom. The van der Waals surface area contributed by atoms with Gasteiger partial charge in [0.25, 0.3) is 10.1 Å². The predicted octanol–water partition coefficient (Wildman–Crippen LogP) is 6.89. The van der Waals surface area contributed by atoms with Crippen molar-refractivity contribution in [2.75, 3.05) is 0 Å². The lowest BCUT2D eigenvalue weighted by molar-refractivity contribution is 0.436. The van der Waals surface area contributed by atoms with Gasteiger partial charge in [0, 0.05) is 6.07 Å². The van der Waals surface area contributed by atoms with Gasteiger partial charge in [-0.05, 0) is 36.6 Å². The smallest absolute Gasteiger partial charge is 0.298 e. The number of hydrogen-bond acceptors (Lipinski definition) is 4. The van der Waals surface area contributed by atoms with E-state index in [0.717, 1.165) is 24.8 Å². The summed E-state index contributed by atoms with van der Waals surface area (Å²) in [5.41, 5.74) is 0.730. The molecule has 0 bridgehead atoms. The average Bonchev–Trinajstić information content (AvgIpc) is 2.69. The van der Waals surface area contributed by atoms with Crippen molar-refractivity contribution in [3.8, 4) is 17.2 Å². The van der Waals surface area contributed by atoms with Gasteiger partial charge in [0.1, 0.15) is 16.4 Å². The second-order valence-electron chi connectivity index (χ2n) is 7.75. The summed E-state index contributed by atoms with van der Waals surface area (Å²) >= 11 is 0. The quantitative estimate of drug-likeness (QED) is 0.250. The summed E-state index contributed by atoms with van der Waals surface area (Å²) in [5, 5.41) is 9.65. The maximum Gasteiger partial charge on any atom is 0.298 e. The Morgan fingerprint density at radius 1 is 0.833 bits per heavy atom. The summed E-state index contributed by atoms with van der Waals surface area (Å²) < 4.78 is 39.1. The number of benzene rings is 2. The highest BCUT2D eigenvalue weighted by molar-refractivity contribution is 7.86. The molecule has 2 rings (SSSR count). The lowest BCUT2D eigenvalue weighted by Gasteiger charge is -2.14. The Kier molecular flexibility index (Phi) is 10.2. The van der Waals surface area contributed by atoms with Gasteiger partial charge in [0.2, 0.25) is 0 Å². The summed E-state index contributed by atoms with van der Waals surface area (Å²) in [6.45, 7) is 2.23. The molecular weight excluding hydrogens is 400 g/mol. The number of unbranched alkanes of at least 4 members (excludes halogenated alkanes) is 9. The molecule has 0 aromatic heterocycles. The normalized spacial score (nSPS) is 11.5. The third-order valence-electron chi connectivity index (χ3n) is 5.18. The summed E-state index contributed by atoms with van der Waals surface area (Å²) in [6.07, 6.45) is 12.9. The van der Waals surface area contributed by atoms with Crippen molar-refractivity contribution in [2.24, 2.45) is 0 Å². The van der Waals surface area contributed by atoms with E-state index in [-0.39, 0.29) is 16.4 Å². The SMILES string of the molecule is CCCCCCCCCCCCc1cccc(S(=O)(=O)O)c1Oc1cccc(O)c1. The van der Waals surface area contributed by atoms with Gasteiger partial charge in [0.05, 0.1) is 0 Å². The summed E-state index contributed by atoms with van der Waals surface area (Å²) in [4.78, 5) is -0.254. The molecule has 0 amide bonds. The van der Waals surface area contributed by atoms with Crippen molar-refractivity contribution in [1.29, 1.82) is 0 Å². The van der Waals surface area contributed by atoms with Crippen molar-refractivity contribution in [1.82, 2.24) is 0 Å².